The maximum Gasteiger partial charge on any atom is 0.225 e. The lowest BCUT2D eigenvalue weighted by molar-refractivity contribution is -0.276. The summed E-state index contributed by atoms with van der Waals surface area (Å²) in [5.41, 5.74) is 9.86. The summed E-state index contributed by atoms with van der Waals surface area (Å²) in [6.07, 6.45) is 3.01. The second-order valence-corrected chi connectivity index (χ2v) is 9.60. The number of ether oxygens (including phenoxy) is 2. The zero-order chi connectivity index (χ0) is 24.9. The van der Waals surface area contributed by atoms with Crippen LogP contribution in [0, 0.1) is 5.92 Å². The van der Waals surface area contributed by atoms with Crippen LogP contribution in [0.2, 0.25) is 0 Å². The second kappa shape index (κ2) is 11.5. The van der Waals surface area contributed by atoms with Gasteiger partial charge in [0.1, 0.15) is 0 Å². The lowest BCUT2D eigenvalue weighted by atomic mass is 9.90. The first-order valence-electron chi connectivity index (χ1n) is 12.7. The van der Waals surface area contributed by atoms with Crippen molar-refractivity contribution in [3.8, 4) is 0 Å². The van der Waals surface area contributed by atoms with Gasteiger partial charge in [0.2, 0.25) is 5.95 Å². The topological polar surface area (TPSA) is 97.0 Å². The van der Waals surface area contributed by atoms with Crippen LogP contribution >= 0.6 is 0 Å². The number of aliphatic hydroxyl groups is 1. The highest BCUT2D eigenvalue weighted by molar-refractivity contribution is 5.29. The van der Waals surface area contributed by atoms with E-state index in [9.17, 15) is 5.11 Å². The van der Waals surface area contributed by atoms with E-state index in [1.807, 2.05) is 42.5 Å². The third kappa shape index (κ3) is 5.58. The number of hydrogen-bond acceptors (Lipinski definition) is 8. The van der Waals surface area contributed by atoms with Crippen LogP contribution in [-0.2, 0) is 22.6 Å². The number of nitrogens with zero attached hydrogens (tertiary/aromatic N) is 4. The molecule has 2 aliphatic rings. The number of hydrogen-bond donors (Lipinski definition) is 2. The molecule has 0 saturated carbocycles. The molecule has 2 aromatic carbocycles. The number of aromatic nitrogens is 2. The van der Waals surface area contributed by atoms with Gasteiger partial charge < -0.3 is 25.2 Å². The van der Waals surface area contributed by atoms with E-state index in [4.69, 9.17) is 15.2 Å². The highest BCUT2D eigenvalue weighted by atomic mass is 16.7. The molecule has 1 aromatic heterocycles. The van der Waals surface area contributed by atoms with Crippen molar-refractivity contribution < 1.29 is 14.6 Å². The highest BCUT2D eigenvalue weighted by Crippen LogP contribution is 2.42. The summed E-state index contributed by atoms with van der Waals surface area (Å²) >= 11 is 0. The van der Waals surface area contributed by atoms with Gasteiger partial charge in [0.15, 0.2) is 6.29 Å². The molecule has 3 aromatic rings. The summed E-state index contributed by atoms with van der Waals surface area (Å²) in [7, 11) is 0. The molecule has 2 fully saturated rings. The van der Waals surface area contributed by atoms with Crippen molar-refractivity contribution in [1.29, 1.82) is 0 Å². The first-order valence-corrected chi connectivity index (χ1v) is 12.7. The molecule has 3 N–H and O–H groups in total. The Labute approximate surface area is 212 Å². The quantitative estimate of drug-likeness (QED) is 0.523. The number of anilines is 1. The van der Waals surface area contributed by atoms with Crippen molar-refractivity contribution in [2.75, 3.05) is 37.6 Å². The lowest BCUT2D eigenvalue weighted by Gasteiger charge is -2.44. The van der Waals surface area contributed by atoms with Gasteiger partial charge in [0, 0.05) is 63.1 Å². The van der Waals surface area contributed by atoms with Gasteiger partial charge in [0.05, 0.1) is 18.8 Å². The van der Waals surface area contributed by atoms with Gasteiger partial charge in [-0.05, 0) is 22.8 Å². The summed E-state index contributed by atoms with van der Waals surface area (Å²) in [6, 6.07) is 18.0. The average molecular weight is 490 g/mol. The average Bonchev–Trinajstić information content (AvgIpc) is 2.95. The minimum atomic E-state index is -0.459. The van der Waals surface area contributed by atoms with Crippen LogP contribution in [0.1, 0.15) is 41.6 Å². The monoisotopic (exact) mass is 489 g/mol. The lowest BCUT2D eigenvalue weighted by Crippen LogP contribution is -2.51. The Balaban J connectivity index is 1.32. The SMILES string of the molecule is CC1C(CN2CCN(c3ncccn3)CC2)OC(c2ccc(CN)cc2)OC1c1ccc(CO)cc1. The van der Waals surface area contributed by atoms with Crippen LogP contribution in [0.3, 0.4) is 0 Å². The molecular weight excluding hydrogens is 454 g/mol. The summed E-state index contributed by atoms with van der Waals surface area (Å²) in [5, 5.41) is 9.46. The molecule has 0 bridgehead atoms. The Morgan fingerprint density at radius 3 is 2.17 bits per heavy atom. The fourth-order valence-electron chi connectivity index (χ4n) is 4.98. The number of nitrogens with two attached hydrogens (primary N) is 1. The van der Waals surface area contributed by atoms with Gasteiger partial charge in [-0.3, -0.25) is 4.90 Å². The zero-order valence-corrected chi connectivity index (χ0v) is 20.7. The van der Waals surface area contributed by atoms with Crippen molar-refractivity contribution in [1.82, 2.24) is 14.9 Å². The molecule has 8 nitrogen and oxygen atoms in total. The molecule has 5 rings (SSSR count). The molecule has 2 aliphatic heterocycles. The highest BCUT2D eigenvalue weighted by Gasteiger charge is 2.39. The molecule has 0 spiro atoms. The number of benzene rings is 2. The first-order chi connectivity index (χ1) is 17.6. The Morgan fingerprint density at radius 2 is 1.53 bits per heavy atom. The van der Waals surface area contributed by atoms with Crippen molar-refractivity contribution >= 4 is 5.95 Å². The molecule has 0 radical (unpaired) electrons. The van der Waals surface area contributed by atoms with E-state index in [0.717, 1.165) is 60.9 Å². The smallest absolute Gasteiger partial charge is 0.225 e. The predicted octanol–water partition coefficient (Wildman–Crippen LogP) is 3.04. The third-order valence-electron chi connectivity index (χ3n) is 7.26. The third-order valence-corrected chi connectivity index (χ3v) is 7.26. The van der Waals surface area contributed by atoms with Crippen LogP contribution in [0.25, 0.3) is 0 Å². The fourth-order valence-corrected chi connectivity index (χ4v) is 4.98. The van der Waals surface area contributed by atoms with Gasteiger partial charge in [0.25, 0.3) is 0 Å². The first kappa shape index (κ1) is 24.8. The second-order valence-electron chi connectivity index (χ2n) is 9.60. The van der Waals surface area contributed by atoms with Crippen LogP contribution in [-0.4, -0.2) is 58.8 Å². The van der Waals surface area contributed by atoms with Gasteiger partial charge in [-0.25, -0.2) is 9.97 Å². The van der Waals surface area contributed by atoms with Gasteiger partial charge in [-0.15, -0.1) is 0 Å². The molecule has 2 saturated heterocycles. The van der Waals surface area contributed by atoms with E-state index < -0.39 is 6.29 Å². The van der Waals surface area contributed by atoms with E-state index in [0.29, 0.717) is 6.54 Å². The van der Waals surface area contributed by atoms with Crippen LogP contribution in [0.15, 0.2) is 67.0 Å². The molecule has 4 unspecified atom stereocenters. The van der Waals surface area contributed by atoms with Crippen molar-refractivity contribution in [2.24, 2.45) is 11.7 Å². The maximum atomic E-state index is 9.46. The van der Waals surface area contributed by atoms with Crippen molar-refractivity contribution in [3.05, 3.63) is 89.2 Å². The van der Waals surface area contributed by atoms with Crippen molar-refractivity contribution in [3.63, 3.8) is 0 Å². The summed E-state index contributed by atoms with van der Waals surface area (Å²) in [5.74, 6) is 0.945. The standard InChI is InChI=1S/C28H35N5O3/c1-20-25(18-32-13-15-33(16-14-32)28-30-11-2-12-31-28)35-27(24-9-3-21(17-29)4-10-24)36-26(20)23-7-5-22(19-34)6-8-23/h2-12,20,25-27,34H,13-19,29H2,1H3. The minimum absolute atomic E-state index is 0.0000198. The number of rotatable bonds is 7. The van der Waals surface area contributed by atoms with Gasteiger partial charge >= 0.3 is 0 Å². The van der Waals surface area contributed by atoms with Crippen molar-refractivity contribution in [2.45, 2.75) is 38.6 Å². The Bertz CT molecular complexity index is 1090. The summed E-state index contributed by atoms with van der Waals surface area (Å²) in [4.78, 5) is 13.5. The summed E-state index contributed by atoms with van der Waals surface area (Å²) in [6.45, 7) is 7.20. The van der Waals surface area contributed by atoms with E-state index >= 15 is 0 Å². The Hall–Kier alpha value is -2.88. The summed E-state index contributed by atoms with van der Waals surface area (Å²) < 4.78 is 13.1. The van der Waals surface area contributed by atoms with E-state index in [2.05, 4.69) is 38.8 Å². The predicted molar refractivity (Wildman–Crippen MR) is 138 cm³/mol. The minimum Gasteiger partial charge on any atom is -0.392 e. The maximum absolute atomic E-state index is 9.46. The number of aliphatic hydroxyl groups excluding tert-OH is 1. The molecule has 0 amide bonds. The largest absolute Gasteiger partial charge is 0.392 e. The van der Waals surface area contributed by atoms with Gasteiger partial charge in [-0.1, -0.05) is 55.5 Å². The molecule has 8 heteroatoms. The van der Waals surface area contributed by atoms with E-state index in [-0.39, 0.29) is 24.7 Å². The fraction of sp³-hybridized carbons (Fsp3) is 0.429. The molecule has 4 atom stereocenters. The van der Waals surface area contributed by atoms with E-state index in [1.54, 1.807) is 12.4 Å². The number of piperazine rings is 1. The molecule has 3 heterocycles. The van der Waals surface area contributed by atoms with Crippen LogP contribution in [0.4, 0.5) is 5.95 Å². The molecule has 0 aliphatic carbocycles. The normalized spacial score (nSPS) is 25.1. The Kier molecular flexibility index (Phi) is 7.89. The molecular formula is C28H35N5O3. The molecule has 190 valence electrons. The molecule has 36 heavy (non-hydrogen) atoms. The van der Waals surface area contributed by atoms with Crippen LogP contribution in [0.5, 0.6) is 0 Å². The van der Waals surface area contributed by atoms with E-state index in [1.165, 1.54) is 0 Å². The van der Waals surface area contributed by atoms with Gasteiger partial charge in [-0.2, -0.15) is 0 Å². The Morgan fingerprint density at radius 1 is 0.889 bits per heavy atom. The zero-order valence-electron chi connectivity index (χ0n) is 20.7. The van der Waals surface area contributed by atoms with Crippen LogP contribution < -0.4 is 10.6 Å².